The molecule has 1 aromatic rings. The molecule has 1 aromatic heterocycles. The summed E-state index contributed by atoms with van der Waals surface area (Å²) in [5.74, 6) is -2.67. The van der Waals surface area contributed by atoms with Crippen LogP contribution in [-0.2, 0) is 42.9 Å². The van der Waals surface area contributed by atoms with Gasteiger partial charge in [-0.2, -0.15) is 0 Å². The Labute approximate surface area is 179 Å². The normalized spacial score (nSPS) is 25.8. The van der Waals surface area contributed by atoms with Gasteiger partial charge in [-0.3, -0.25) is 19.2 Å². The van der Waals surface area contributed by atoms with Crippen molar-refractivity contribution in [1.82, 2.24) is 10.2 Å². The minimum Gasteiger partial charge on any atom is -0.463 e. The molecule has 30 heavy (non-hydrogen) atoms. The smallest absolute Gasteiger partial charge is 0.303 e. The lowest BCUT2D eigenvalue weighted by molar-refractivity contribution is -0.237. The highest BCUT2D eigenvalue weighted by atomic mass is 32.2. The van der Waals surface area contributed by atoms with Gasteiger partial charge in [-0.25, -0.2) is 0 Å². The number of nitrogens with zero attached hydrogens (tertiary/aromatic N) is 2. The first-order valence-electron chi connectivity index (χ1n) is 8.63. The third-order valence-corrected chi connectivity index (χ3v) is 5.57. The van der Waals surface area contributed by atoms with Crippen LogP contribution < -0.4 is 5.73 Å². The van der Waals surface area contributed by atoms with Crippen molar-refractivity contribution >= 4 is 52.1 Å². The molecule has 1 fully saturated rings. The topological polar surface area (TPSA) is 166 Å². The van der Waals surface area contributed by atoms with Crippen LogP contribution in [0.25, 0.3) is 0 Å². The first-order valence-corrected chi connectivity index (χ1v) is 10.3. The number of anilines is 1. The van der Waals surface area contributed by atoms with Gasteiger partial charge >= 0.3 is 23.9 Å². The maximum atomic E-state index is 11.7. The first-order chi connectivity index (χ1) is 14.1. The second kappa shape index (κ2) is 10.5. The van der Waals surface area contributed by atoms with Crippen LogP contribution in [0.1, 0.15) is 27.7 Å². The van der Waals surface area contributed by atoms with Gasteiger partial charge in [-0.05, 0) is 0 Å². The van der Waals surface area contributed by atoms with Crippen LogP contribution in [0.2, 0.25) is 0 Å². The van der Waals surface area contributed by atoms with E-state index < -0.39 is 53.7 Å². The summed E-state index contributed by atoms with van der Waals surface area (Å²) in [6.07, 6.45) is -4.62. The molecule has 12 nitrogen and oxygen atoms in total. The van der Waals surface area contributed by atoms with Crippen LogP contribution >= 0.6 is 23.1 Å². The third-order valence-electron chi connectivity index (χ3n) is 3.59. The average Bonchev–Trinajstić information content (AvgIpc) is 3.02. The van der Waals surface area contributed by atoms with Gasteiger partial charge in [0.25, 0.3) is 0 Å². The van der Waals surface area contributed by atoms with Crippen molar-refractivity contribution < 1.29 is 42.9 Å². The second-order valence-electron chi connectivity index (χ2n) is 6.09. The molecule has 2 N–H and O–H groups in total. The summed E-state index contributed by atoms with van der Waals surface area (Å²) < 4.78 is 27.3. The number of esters is 4. The molecule has 0 saturated carbocycles. The predicted molar refractivity (Wildman–Crippen MR) is 102 cm³/mol. The van der Waals surface area contributed by atoms with E-state index in [1.54, 1.807) is 0 Å². The summed E-state index contributed by atoms with van der Waals surface area (Å²) in [6, 6.07) is 0. The van der Waals surface area contributed by atoms with E-state index in [4.69, 9.17) is 29.4 Å². The Morgan fingerprint density at radius 3 is 2.00 bits per heavy atom. The van der Waals surface area contributed by atoms with Crippen molar-refractivity contribution in [2.75, 3.05) is 12.3 Å². The summed E-state index contributed by atoms with van der Waals surface area (Å²) in [6.45, 7) is 4.37. The molecule has 5 atom stereocenters. The molecule has 1 aliphatic rings. The number of aromatic nitrogens is 2. The number of carbonyl (C=O) groups excluding carboxylic acids is 4. The van der Waals surface area contributed by atoms with E-state index in [9.17, 15) is 19.2 Å². The maximum Gasteiger partial charge on any atom is 0.303 e. The molecule has 0 spiro atoms. The number of nitrogen functional groups attached to an aromatic ring is 1. The van der Waals surface area contributed by atoms with E-state index in [1.807, 2.05) is 0 Å². The first kappa shape index (κ1) is 23.8. The molecule has 0 aromatic carbocycles. The lowest BCUT2D eigenvalue weighted by atomic mass is 9.99. The third kappa shape index (κ3) is 6.81. The molecular formula is C16H21N3O9S2. The lowest BCUT2D eigenvalue weighted by Gasteiger charge is -2.43. The quantitative estimate of drug-likeness (QED) is 0.433. The molecular weight excluding hydrogens is 442 g/mol. The highest BCUT2D eigenvalue weighted by Gasteiger charge is 2.52. The fourth-order valence-corrected chi connectivity index (χ4v) is 4.56. The van der Waals surface area contributed by atoms with Crippen LogP contribution in [0.15, 0.2) is 4.34 Å². The van der Waals surface area contributed by atoms with E-state index in [0.717, 1.165) is 36.9 Å². The van der Waals surface area contributed by atoms with Crippen LogP contribution in [0.4, 0.5) is 5.13 Å². The Morgan fingerprint density at radius 1 is 0.933 bits per heavy atom. The Balaban J connectivity index is 2.41. The number of nitrogens with two attached hydrogens (primary N) is 1. The molecule has 14 heteroatoms. The van der Waals surface area contributed by atoms with Crippen molar-refractivity contribution in [3.05, 3.63) is 0 Å². The average molecular weight is 463 g/mol. The summed E-state index contributed by atoms with van der Waals surface area (Å²) in [7, 11) is 0. The van der Waals surface area contributed by atoms with Gasteiger partial charge < -0.3 is 29.4 Å². The van der Waals surface area contributed by atoms with Crippen LogP contribution in [0, 0.1) is 0 Å². The number of hydrogen-bond donors (Lipinski definition) is 1. The predicted octanol–water partition coefficient (Wildman–Crippen LogP) is 0.295. The number of ether oxygens (including phenoxy) is 5. The zero-order chi connectivity index (χ0) is 22.4. The molecule has 1 aliphatic heterocycles. The van der Waals surface area contributed by atoms with Crippen LogP contribution in [0.5, 0.6) is 0 Å². The van der Waals surface area contributed by atoms with Crippen molar-refractivity contribution in [2.24, 2.45) is 0 Å². The van der Waals surface area contributed by atoms with Crippen LogP contribution in [0.3, 0.4) is 0 Å². The molecule has 1 saturated heterocycles. The van der Waals surface area contributed by atoms with Crippen molar-refractivity contribution in [3.8, 4) is 0 Å². The highest BCUT2D eigenvalue weighted by molar-refractivity contribution is 8.01. The number of thioether (sulfide) groups is 1. The zero-order valence-corrected chi connectivity index (χ0v) is 18.2. The molecule has 166 valence electrons. The van der Waals surface area contributed by atoms with Crippen molar-refractivity contribution in [1.29, 1.82) is 0 Å². The van der Waals surface area contributed by atoms with Gasteiger partial charge in [0.1, 0.15) is 12.7 Å². The molecule has 0 amide bonds. The van der Waals surface area contributed by atoms with Crippen molar-refractivity contribution in [3.63, 3.8) is 0 Å². The highest BCUT2D eigenvalue weighted by Crippen LogP contribution is 2.38. The summed E-state index contributed by atoms with van der Waals surface area (Å²) in [4.78, 5) is 46.4. The van der Waals surface area contributed by atoms with Gasteiger partial charge in [0.05, 0.1) is 0 Å². The SMILES string of the molecule is CC(=O)OC[C@@H]1O[C@H](Sc2nnc(N)s2)[C@H](OC(C)=O)[C@H](OC(C)=O)[C@H]1OC(C)=O. The molecule has 0 unspecified atom stereocenters. The maximum absolute atomic E-state index is 11.7. The summed E-state index contributed by atoms with van der Waals surface area (Å²) >= 11 is 2.09. The molecule has 2 heterocycles. The minimum atomic E-state index is -1.23. The number of rotatable bonds is 7. The number of carbonyl (C=O) groups is 4. The van der Waals surface area contributed by atoms with Crippen molar-refractivity contribution in [2.45, 2.75) is 61.9 Å². The van der Waals surface area contributed by atoms with Gasteiger partial charge in [0.15, 0.2) is 28.1 Å². The Bertz CT molecular complexity index is 803. The van der Waals surface area contributed by atoms with Gasteiger partial charge in [-0.15, -0.1) is 10.2 Å². The Kier molecular flexibility index (Phi) is 8.37. The summed E-state index contributed by atoms with van der Waals surface area (Å²) in [5.41, 5.74) is 4.64. The van der Waals surface area contributed by atoms with E-state index >= 15 is 0 Å². The van der Waals surface area contributed by atoms with E-state index in [0.29, 0.717) is 4.34 Å². The monoisotopic (exact) mass is 463 g/mol. The Morgan fingerprint density at radius 2 is 1.50 bits per heavy atom. The Hall–Kier alpha value is -2.45. The van der Waals surface area contributed by atoms with Gasteiger partial charge in [-0.1, -0.05) is 23.1 Å². The fourth-order valence-electron chi connectivity index (χ4n) is 2.65. The van der Waals surface area contributed by atoms with Crippen LogP contribution in [-0.4, -0.2) is 70.5 Å². The standard InChI is InChI=1S/C16H21N3O9S2/c1-6(20)24-5-10-11(25-7(2)21)12(26-8(3)22)13(27-9(4)23)14(28-10)29-16-19-18-15(17)30-16/h10-14H,5H2,1-4H3,(H2,17,18)/t10-,11-,12+,13+,14+/m0/s1. The van der Waals surface area contributed by atoms with E-state index in [1.165, 1.54) is 13.8 Å². The molecule has 0 radical (unpaired) electrons. The van der Waals surface area contributed by atoms with Gasteiger partial charge in [0.2, 0.25) is 5.13 Å². The van der Waals surface area contributed by atoms with E-state index in [-0.39, 0.29) is 11.7 Å². The van der Waals surface area contributed by atoms with Gasteiger partial charge in [0, 0.05) is 27.7 Å². The molecule has 0 aliphatic carbocycles. The molecule has 0 bridgehead atoms. The van der Waals surface area contributed by atoms with E-state index in [2.05, 4.69) is 10.2 Å². The largest absolute Gasteiger partial charge is 0.463 e. The zero-order valence-electron chi connectivity index (χ0n) is 16.6. The fraction of sp³-hybridized carbons (Fsp3) is 0.625. The summed E-state index contributed by atoms with van der Waals surface area (Å²) in [5, 5.41) is 7.80. The second-order valence-corrected chi connectivity index (χ2v) is 8.45. The number of hydrogen-bond acceptors (Lipinski definition) is 14. The lowest BCUT2D eigenvalue weighted by Crippen LogP contribution is -2.61. The minimum absolute atomic E-state index is 0.211. The molecule has 2 rings (SSSR count).